The van der Waals surface area contributed by atoms with Crippen LogP contribution in [0, 0.1) is 0 Å². The van der Waals surface area contributed by atoms with Crippen LogP contribution in [0.4, 0.5) is 0 Å². The maximum atomic E-state index is 9.91. The Bertz CT molecular complexity index is 502. The Labute approximate surface area is 94.9 Å². The molecule has 1 aromatic carbocycles. The molecular formula is C13H17NO2. The number of aryl methyl sites for hydroxylation is 1. The molecule has 2 N–H and O–H groups in total. The number of aromatic nitrogens is 1. The number of hydrogen-bond donors (Lipinski definition) is 2. The van der Waals surface area contributed by atoms with Gasteiger partial charge in [-0.15, -0.1) is 0 Å². The number of aromatic hydroxyl groups is 1. The van der Waals surface area contributed by atoms with E-state index in [0.717, 1.165) is 23.0 Å². The maximum Gasteiger partial charge on any atom is 0.125 e. The molecule has 1 heterocycles. The molecule has 3 nitrogen and oxygen atoms in total. The second-order valence-corrected chi connectivity index (χ2v) is 4.13. The van der Waals surface area contributed by atoms with Crippen LogP contribution in [-0.2, 0) is 6.54 Å². The normalized spacial score (nSPS) is 13.2. The summed E-state index contributed by atoms with van der Waals surface area (Å²) in [5.41, 5.74) is 2.04. The van der Waals surface area contributed by atoms with E-state index < -0.39 is 0 Å². The molecular weight excluding hydrogens is 202 g/mol. The van der Waals surface area contributed by atoms with Crippen LogP contribution in [0.3, 0.4) is 0 Å². The van der Waals surface area contributed by atoms with Gasteiger partial charge in [-0.05, 0) is 24.6 Å². The highest BCUT2D eigenvalue weighted by Crippen LogP contribution is 2.33. The Morgan fingerprint density at radius 3 is 2.75 bits per heavy atom. The summed E-state index contributed by atoms with van der Waals surface area (Å²) in [6.45, 7) is 4.98. The summed E-state index contributed by atoms with van der Waals surface area (Å²) in [6, 6.07) is 5.53. The van der Waals surface area contributed by atoms with Crippen LogP contribution in [0.25, 0.3) is 10.9 Å². The van der Waals surface area contributed by atoms with E-state index in [1.807, 2.05) is 25.3 Å². The molecule has 2 rings (SSSR count). The van der Waals surface area contributed by atoms with Gasteiger partial charge in [0.25, 0.3) is 0 Å². The van der Waals surface area contributed by atoms with Gasteiger partial charge in [-0.2, -0.15) is 0 Å². The van der Waals surface area contributed by atoms with E-state index in [1.165, 1.54) is 0 Å². The average Bonchev–Trinajstić information content (AvgIpc) is 2.68. The zero-order valence-electron chi connectivity index (χ0n) is 9.64. The van der Waals surface area contributed by atoms with Crippen molar-refractivity contribution < 1.29 is 10.2 Å². The average molecular weight is 219 g/mol. The number of aliphatic hydroxyl groups is 1. The third kappa shape index (κ3) is 1.57. The number of fused-ring (bicyclic) bond motifs is 1. The Kier molecular flexibility index (Phi) is 2.88. The van der Waals surface area contributed by atoms with Crippen molar-refractivity contribution in [1.29, 1.82) is 0 Å². The van der Waals surface area contributed by atoms with Crippen LogP contribution < -0.4 is 0 Å². The lowest BCUT2D eigenvalue weighted by Crippen LogP contribution is -1.98. The molecule has 2 aromatic rings. The van der Waals surface area contributed by atoms with Crippen molar-refractivity contribution >= 4 is 10.9 Å². The van der Waals surface area contributed by atoms with Crippen molar-refractivity contribution in [3.63, 3.8) is 0 Å². The number of benzene rings is 1. The van der Waals surface area contributed by atoms with Crippen LogP contribution in [0.15, 0.2) is 24.4 Å². The lowest BCUT2D eigenvalue weighted by Gasteiger charge is -2.06. The van der Waals surface area contributed by atoms with E-state index in [2.05, 4.69) is 11.5 Å². The molecule has 1 atom stereocenters. The molecule has 1 unspecified atom stereocenters. The van der Waals surface area contributed by atoms with Crippen LogP contribution in [0.5, 0.6) is 5.75 Å². The summed E-state index contributed by atoms with van der Waals surface area (Å²) in [6.07, 6.45) is 2.02. The number of phenols is 1. The SMILES string of the molecule is CCn1cc(C(C)CO)c2c(O)cccc21. The van der Waals surface area contributed by atoms with Crippen LogP contribution >= 0.6 is 0 Å². The zero-order valence-corrected chi connectivity index (χ0v) is 9.64. The van der Waals surface area contributed by atoms with Gasteiger partial charge in [0.1, 0.15) is 5.75 Å². The molecule has 86 valence electrons. The Hall–Kier alpha value is -1.48. The first-order chi connectivity index (χ1) is 7.69. The number of rotatable bonds is 3. The molecule has 1 aromatic heterocycles. The fourth-order valence-electron chi connectivity index (χ4n) is 2.10. The second-order valence-electron chi connectivity index (χ2n) is 4.13. The fourth-order valence-corrected chi connectivity index (χ4v) is 2.10. The van der Waals surface area contributed by atoms with E-state index >= 15 is 0 Å². The Morgan fingerprint density at radius 1 is 1.38 bits per heavy atom. The van der Waals surface area contributed by atoms with Gasteiger partial charge < -0.3 is 14.8 Å². The van der Waals surface area contributed by atoms with E-state index in [0.29, 0.717) is 5.75 Å². The van der Waals surface area contributed by atoms with Crippen molar-refractivity contribution in [2.45, 2.75) is 26.3 Å². The number of aliphatic hydroxyl groups excluding tert-OH is 1. The summed E-state index contributed by atoms with van der Waals surface area (Å²) in [7, 11) is 0. The second kappa shape index (κ2) is 4.18. The van der Waals surface area contributed by atoms with E-state index in [-0.39, 0.29) is 12.5 Å². The highest BCUT2D eigenvalue weighted by atomic mass is 16.3. The quantitative estimate of drug-likeness (QED) is 0.833. The monoisotopic (exact) mass is 219 g/mol. The predicted octanol–water partition coefficient (Wildman–Crippen LogP) is 2.46. The number of nitrogens with zero attached hydrogens (tertiary/aromatic N) is 1. The maximum absolute atomic E-state index is 9.91. The summed E-state index contributed by atoms with van der Waals surface area (Å²) >= 11 is 0. The first kappa shape index (κ1) is 11.0. The largest absolute Gasteiger partial charge is 0.507 e. The number of phenolic OH excluding ortho intramolecular Hbond substituents is 1. The summed E-state index contributed by atoms with van der Waals surface area (Å²) in [4.78, 5) is 0. The van der Waals surface area contributed by atoms with E-state index in [1.54, 1.807) is 6.07 Å². The van der Waals surface area contributed by atoms with Gasteiger partial charge >= 0.3 is 0 Å². The third-order valence-corrected chi connectivity index (χ3v) is 3.06. The third-order valence-electron chi connectivity index (χ3n) is 3.06. The standard InChI is InChI=1S/C13H17NO2/c1-3-14-7-10(9(2)8-15)13-11(14)5-4-6-12(13)16/h4-7,9,15-16H,3,8H2,1-2H3. The van der Waals surface area contributed by atoms with Crippen LogP contribution in [0.1, 0.15) is 25.3 Å². The molecule has 0 saturated heterocycles. The lowest BCUT2D eigenvalue weighted by atomic mass is 10.0. The van der Waals surface area contributed by atoms with Crippen molar-refractivity contribution in [1.82, 2.24) is 4.57 Å². The Morgan fingerprint density at radius 2 is 2.12 bits per heavy atom. The van der Waals surface area contributed by atoms with Crippen molar-refractivity contribution in [3.8, 4) is 5.75 Å². The minimum atomic E-state index is 0.0450. The summed E-state index contributed by atoms with van der Waals surface area (Å²) in [5.74, 6) is 0.337. The molecule has 0 aliphatic heterocycles. The molecule has 0 fully saturated rings. The highest BCUT2D eigenvalue weighted by molar-refractivity contribution is 5.90. The molecule has 0 radical (unpaired) electrons. The van der Waals surface area contributed by atoms with Crippen molar-refractivity contribution in [2.24, 2.45) is 0 Å². The number of hydrogen-bond acceptors (Lipinski definition) is 2. The van der Waals surface area contributed by atoms with Crippen LogP contribution in [-0.4, -0.2) is 21.4 Å². The highest BCUT2D eigenvalue weighted by Gasteiger charge is 2.15. The Balaban J connectivity index is 2.74. The minimum absolute atomic E-state index is 0.0450. The topological polar surface area (TPSA) is 45.4 Å². The molecule has 0 bridgehead atoms. The summed E-state index contributed by atoms with van der Waals surface area (Å²) in [5, 5.41) is 20.0. The lowest BCUT2D eigenvalue weighted by molar-refractivity contribution is 0.273. The smallest absolute Gasteiger partial charge is 0.125 e. The van der Waals surface area contributed by atoms with Gasteiger partial charge in [0, 0.05) is 30.7 Å². The van der Waals surface area contributed by atoms with Gasteiger partial charge in [-0.1, -0.05) is 13.0 Å². The first-order valence-corrected chi connectivity index (χ1v) is 5.60. The first-order valence-electron chi connectivity index (χ1n) is 5.60. The molecule has 0 amide bonds. The molecule has 3 heteroatoms. The molecule has 0 aliphatic carbocycles. The molecule has 16 heavy (non-hydrogen) atoms. The van der Waals surface area contributed by atoms with Gasteiger partial charge in [-0.25, -0.2) is 0 Å². The molecule has 0 spiro atoms. The molecule has 0 saturated carbocycles. The van der Waals surface area contributed by atoms with Crippen LogP contribution in [0.2, 0.25) is 0 Å². The van der Waals surface area contributed by atoms with Gasteiger partial charge in [-0.3, -0.25) is 0 Å². The van der Waals surface area contributed by atoms with Crippen molar-refractivity contribution in [3.05, 3.63) is 30.0 Å². The minimum Gasteiger partial charge on any atom is -0.507 e. The van der Waals surface area contributed by atoms with E-state index in [9.17, 15) is 10.2 Å². The van der Waals surface area contributed by atoms with Gasteiger partial charge in [0.05, 0.1) is 5.52 Å². The fraction of sp³-hybridized carbons (Fsp3) is 0.385. The predicted molar refractivity (Wildman–Crippen MR) is 64.8 cm³/mol. The summed E-state index contributed by atoms with van der Waals surface area (Å²) < 4.78 is 2.09. The van der Waals surface area contributed by atoms with E-state index in [4.69, 9.17) is 0 Å². The van der Waals surface area contributed by atoms with Gasteiger partial charge in [0.15, 0.2) is 0 Å². The zero-order chi connectivity index (χ0) is 11.7. The molecule has 0 aliphatic rings. The van der Waals surface area contributed by atoms with Gasteiger partial charge in [0.2, 0.25) is 0 Å². The van der Waals surface area contributed by atoms with Crippen molar-refractivity contribution in [2.75, 3.05) is 6.61 Å².